The van der Waals surface area contributed by atoms with Gasteiger partial charge in [-0.05, 0) is 17.7 Å². The molecule has 0 aliphatic carbocycles. The summed E-state index contributed by atoms with van der Waals surface area (Å²) < 4.78 is 8.13. The summed E-state index contributed by atoms with van der Waals surface area (Å²) in [5, 5.41) is 0. The SMILES string of the molecule is CC(C)c1nc2c(OCc3ccccc3)cccc2n1C. The Hall–Kier alpha value is -2.29. The zero-order valence-corrected chi connectivity index (χ0v) is 12.7. The molecule has 0 atom stereocenters. The maximum absolute atomic E-state index is 5.98. The highest BCUT2D eigenvalue weighted by molar-refractivity contribution is 5.82. The summed E-state index contributed by atoms with van der Waals surface area (Å²) in [5.74, 6) is 2.32. The fourth-order valence-corrected chi connectivity index (χ4v) is 2.57. The molecule has 0 aliphatic rings. The molecule has 3 rings (SSSR count). The van der Waals surface area contributed by atoms with Gasteiger partial charge in [0.15, 0.2) is 0 Å². The predicted molar refractivity (Wildman–Crippen MR) is 85.6 cm³/mol. The number of hydrogen-bond donors (Lipinski definition) is 0. The largest absolute Gasteiger partial charge is 0.487 e. The normalized spacial score (nSPS) is 11.2. The van der Waals surface area contributed by atoms with Gasteiger partial charge in [-0.15, -0.1) is 0 Å². The first kappa shape index (κ1) is 13.7. The molecule has 0 saturated carbocycles. The molecule has 3 aromatic rings. The molecule has 0 amide bonds. The number of ether oxygens (including phenoxy) is 1. The number of aryl methyl sites for hydroxylation is 1. The van der Waals surface area contributed by atoms with Gasteiger partial charge in [0.2, 0.25) is 0 Å². The van der Waals surface area contributed by atoms with Crippen molar-refractivity contribution in [3.05, 3.63) is 59.9 Å². The van der Waals surface area contributed by atoms with Crippen molar-refractivity contribution in [3.8, 4) is 5.75 Å². The fraction of sp³-hybridized carbons (Fsp3) is 0.278. The van der Waals surface area contributed by atoms with E-state index in [2.05, 4.69) is 43.7 Å². The highest BCUT2D eigenvalue weighted by Gasteiger charge is 2.14. The number of nitrogens with zero attached hydrogens (tertiary/aromatic N) is 2. The van der Waals surface area contributed by atoms with E-state index >= 15 is 0 Å². The molecule has 1 aromatic heterocycles. The quantitative estimate of drug-likeness (QED) is 0.713. The Bertz CT molecular complexity index is 745. The first-order chi connectivity index (χ1) is 10.2. The summed E-state index contributed by atoms with van der Waals surface area (Å²) in [5.41, 5.74) is 3.22. The number of rotatable bonds is 4. The molecule has 0 radical (unpaired) electrons. The predicted octanol–water partition coefficient (Wildman–Crippen LogP) is 4.28. The smallest absolute Gasteiger partial charge is 0.147 e. The van der Waals surface area contributed by atoms with Crippen LogP contribution in [-0.4, -0.2) is 9.55 Å². The molecule has 21 heavy (non-hydrogen) atoms. The molecule has 0 aliphatic heterocycles. The maximum atomic E-state index is 5.98. The molecule has 3 nitrogen and oxygen atoms in total. The first-order valence-corrected chi connectivity index (χ1v) is 7.29. The van der Waals surface area contributed by atoms with Gasteiger partial charge < -0.3 is 9.30 Å². The van der Waals surface area contributed by atoms with E-state index in [0.717, 1.165) is 28.2 Å². The standard InChI is InChI=1S/C18H20N2O/c1-13(2)18-19-17-15(20(18)3)10-7-11-16(17)21-12-14-8-5-4-6-9-14/h4-11,13H,12H2,1-3H3. The van der Waals surface area contributed by atoms with Crippen LogP contribution in [0.1, 0.15) is 31.2 Å². The van der Waals surface area contributed by atoms with Crippen molar-refractivity contribution in [2.45, 2.75) is 26.4 Å². The van der Waals surface area contributed by atoms with E-state index in [-0.39, 0.29) is 0 Å². The number of fused-ring (bicyclic) bond motifs is 1. The monoisotopic (exact) mass is 280 g/mol. The molecule has 0 unspecified atom stereocenters. The zero-order valence-electron chi connectivity index (χ0n) is 12.7. The van der Waals surface area contributed by atoms with Crippen molar-refractivity contribution in [3.63, 3.8) is 0 Å². The van der Waals surface area contributed by atoms with Gasteiger partial charge in [-0.3, -0.25) is 0 Å². The summed E-state index contributed by atoms with van der Waals surface area (Å²) in [6.45, 7) is 4.88. The average molecular weight is 280 g/mol. The lowest BCUT2D eigenvalue weighted by molar-refractivity contribution is 0.309. The van der Waals surface area contributed by atoms with Crippen LogP contribution >= 0.6 is 0 Å². The third-order valence-corrected chi connectivity index (χ3v) is 3.66. The van der Waals surface area contributed by atoms with E-state index in [1.807, 2.05) is 30.3 Å². The van der Waals surface area contributed by atoms with Crippen molar-refractivity contribution < 1.29 is 4.74 Å². The van der Waals surface area contributed by atoms with Crippen LogP contribution in [0.4, 0.5) is 0 Å². The van der Waals surface area contributed by atoms with Crippen molar-refractivity contribution in [1.82, 2.24) is 9.55 Å². The second-order valence-electron chi connectivity index (χ2n) is 5.58. The van der Waals surface area contributed by atoms with E-state index < -0.39 is 0 Å². The van der Waals surface area contributed by atoms with Crippen LogP contribution in [0.5, 0.6) is 5.75 Å². The number of para-hydroxylation sites is 1. The van der Waals surface area contributed by atoms with Gasteiger partial charge in [-0.2, -0.15) is 0 Å². The molecule has 0 saturated heterocycles. The van der Waals surface area contributed by atoms with Crippen molar-refractivity contribution in [2.75, 3.05) is 0 Å². The minimum absolute atomic E-state index is 0.393. The van der Waals surface area contributed by atoms with Crippen LogP contribution in [0.2, 0.25) is 0 Å². The van der Waals surface area contributed by atoms with Gasteiger partial charge in [0.05, 0.1) is 5.52 Å². The van der Waals surface area contributed by atoms with Gasteiger partial charge in [0.25, 0.3) is 0 Å². The summed E-state index contributed by atoms with van der Waals surface area (Å²) in [6.07, 6.45) is 0. The number of aromatic nitrogens is 2. The Labute approximate surface area is 125 Å². The molecular weight excluding hydrogens is 260 g/mol. The van der Waals surface area contributed by atoms with E-state index in [1.54, 1.807) is 0 Å². The number of hydrogen-bond acceptors (Lipinski definition) is 2. The lowest BCUT2D eigenvalue weighted by Crippen LogP contribution is -1.99. The Balaban J connectivity index is 1.94. The molecule has 0 fully saturated rings. The summed E-state index contributed by atoms with van der Waals surface area (Å²) >= 11 is 0. The fourth-order valence-electron chi connectivity index (χ4n) is 2.57. The van der Waals surface area contributed by atoms with Crippen molar-refractivity contribution >= 4 is 11.0 Å². The highest BCUT2D eigenvalue weighted by atomic mass is 16.5. The molecule has 3 heteroatoms. The Morgan fingerprint density at radius 3 is 2.52 bits per heavy atom. The van der Waals surface area contributed by atoms with Gasteiger partial charge >= 0.3 is 0 Å². The minimum Gasteiger partial charge on any atom is -0.487 e. The Morgan fingerprint density at radius 2 is 1.81 bits per heavy atom. The van der Waals surface area contributed by atoms with Crippen LogP contribution in [0, 0.1) is 0 Å². The van der Waals surface area contributed by atoms with Crippen molar-refractivity contribution in [2.24, 2.45) is 7.05 Å². The average Bonchev–Trinajstić information content (AvgIpc) is 2.84. The summed E-state index contributed by atoms with van der Waals surface area (Å²) in [7, 11) is 2.06. The zero-order chi connectivity index (χ0) is 14.8. The van der Waals surface area contributed by atoms with Crippen LogP contribution in [-0.2, 0) is 13.7 Å². The van der Waals surface area contributed by atoms with Crippen LogP contribution in [0.15, 0.2) is 48.5 Å². The summed E-state index contributed by atoms with van der Waals surface area (Å²) in [4.78, 5) is 4.76. The number of benzene rings is 2. The lowest BCUT2D eigenvalue weighted by Gasteiger charge is -2.07. The molecule has 1 heterocycles. The highest BCUT2D eigenvalue weighted by Crippen LogP contribution is 2.28. The van der Waals surface area contributed by atoms with E-state index in [4.69, 9.17) is 9.72 Å². The topological polar surface area (TPSA) is 27.1 Å². The maximum Gasteiger partial charge on any atom is 0.147 e. The van der Waals surface area contributed by atoms with E-state index in [1.165, 1.54) is 0 Å². The van der Waals surface area contributed by atoms with Crippen LogP contribution in [0.25, 0.3) is 11.0 Å². The number of imidazole rings is 1. The van der Waals surface area contributed by atoms with E-state index in [0.29, 0.717) is 12.5 Å². The van der Waals surface area contributed by atoms with Gasteiger partial charge in [-0.1, -0.05) is 50.2 Å². The second-order valence-corrected chi connectivity index (χ2v) is 5.58. The Kier molecular flexibility index (Phi) is 3.65. The minimum atomic E-state index is 0.393. The first-order valence-electron chi connectivity index (χ1n) is 7.29. The molecule has 0 bridgehead atoms. The molecule has 0 spiro atoms. The lowest BCUT2D eigenvalue weighted by atomic mass is 10.2. The molecule has 0 N–H and O–H groups in total. The van der Waals surface area contributed by atoms with E-state index in [9.17, 15) is 0 Å². The van der Waals surface area contributed by atoms with Crippen LogP contribution in [0.3, 0.4) is 0 Å². The van der Waals surface area contributed by atoms with Crippen LogP contribution < -0.4 is 4.74 Å². The van der Waals surface area contributed by atoms with Gasteiger partial charge in [-0.25, -0.2) is 4.98 Å². The molecular formula is C18H20N2O. The molecule has 108 valence electrons. The second kappa shape index (κ2) is 5.60. The molecule has 2 aromatic carbocycles. The van der Waals surface area contributed by atoms with Gasteiger partial charge in [0, 0.05) is 13.0 Å². The van der Waals surface area contributed by atoms with Gasteiger partial charge in [0.1, 0.15) is 23.7 Å². The summed E-state index contributed by atoms with van der Waals surface area (Å²) in [6, 6.07) is 16.3. The third kappa shape index (κ3) is 2.64. The third-order valence-electron chi connectivity index (χ3n) is 3.66. The Morgan fingerprint density at radius 1 is 1.05 bits per heavy atom. The van der Waals surface area contributed by atoms with Crippen molar-refractivity contribution in [1.29, 1.82) is 0 Å².